The molecular formula is C32H50N2O6. The smallest absolute Gasteiger partial charge is 0.305 e. The molecule has 0 aromatic rings. The predicted octanol–water partition coefficient (Wildman–Crippen LogP) is 5.24. The van der Waals surface area contributed by atoms with Crippen LogP contribution in [0.25, 0.3) is 0 Å². The van der Waals surface area contributed by atoms with Gasteiger partial charge in [0.1, 0.15) is 0 Å². The van der Waals surface area contributed by atoms with Gasteiger partial charge in [0.05, 0.1) is 23.3 Å². The zero-order valence-corrected chi connectivity index (χ0v) is 25.1. The average molecular weight is 559 g/mol. The van der Waals surface area contributed by atoms with Gasteiger partial charge in [0.25, 0.3) is 5.91 Å². The highest BCUT2D eigenvalue weighted by Crippen LogP contribution is 2.67. The largest absolute Gasteiger partial charge is 0.481 e. The van der Waals surface area contributed by atoms with Crippen LogP contribution in [0.1, 0.15) is 105 Å². The van der Waals surface area contributed by atoms with Crippen LogP contribution in [0.15, 0.2) is 16.8 Å². The minimum atomic E-state index is -0.928. The SMILES string of the molecule is CC1(C)C[C@H]([C@H](CC(=O)O)NC(=O)CON=C2C=C3CC[C@@H]4[C@H](CC[C@@]5(C)[C@H]4CC[C@]5(C)O)[C@@]3(C)CC2)CCO1. The number of carbonyl (C=O) groups excluding carboxylic acids is 1. The number of hydrogen-bond donors (Lipinski definition) is 3. The number of carbonyl (C=O) groups is 2. The lowest BCUT2D eigenvalue weighted by molar-refractivity contribution is -0.139. The summed E-state index contributed by atoms with van der Waals surface area (Å²) in [6, 6.07) is -0.460. The second-order valence-corrected chi connectivity index (χ2v) is 14.8. The fourth-order valence-corrected chi connectivity index (χ4v) is 9.45. The number of rotatable bonds is 7. The van der Waals surface area contributed by atoms with Gasteiger partial charge < -0.3 is 25.1 Å². The molecule has 8 atom stereocenters. The summed E-state index contributed by atoms with van der Waals surface area (Å²) < 4.78 is 5.77. The molecule has 0 unspecified atom stereocenters. The lowest BCUT2D eigenvalue weighted by atomic mass is 9.46. The molecule has 224 valence electrons. The molecule has 1 heterocycles. The van der Waals surface area contributed by atoms with Crippen LogP contribution in [0.3, 0.4) is 0 Å². The molecule has 3 N–H and O–H groups in total. The molecule has 1 amide bonds. The lowest BCUT2D eigenvalue weighted by Crippen LogP contribution is -2.53. The first-order valence-corrected chi connectivity index (χ1v) is 15.5. The van der Waals surface area contributed by atoms with E-state index in [9.17, 15) is 19.8 Å². The molecule has 8 heteroatoms. The summed E-state index contributed by atoms with van der Waals surface area (Å²) in [6.07, 6.45) is 11.9. The quantitative estimate of drug-likeness (QED) is 0.368. The van der Waals surface area contributed by atoms with Crippen molar-refractivity contribution in [3.8, 4) is 0 Å². The van der Waals surface area contributed by atoms with E-state index in [0.29, 0.717) is 30.8 Å². The van der Waals surface area contributed by atoms with Crippen molar-refractivity contribution in [3.63, 3.8) is 0 Å². The molecule has 0 radical (unpaired) electrons. The van der Waals surface area contributed by atoms with Crippen LogP contribution in [0.4, 0.5) is 0 Å². The van der Waals surface area contributed by atoms with Gasteiger partial charge in [-0.25, -0.2) is 0 Å². The summed E-state index contributed by atoms with van der Waals surface area (Å²) in [5.41, 5.74) is 1.66. The Labute approximate surface area is 239 Å². The molecule has 4 fully saturated rings. The summed E-state index contributed by atoms with van der Waals surface area (Å²) in [5.74, 6) is 0.699. The standard InChI is InChI=1S/C32H50N2O6/c1-29(2)18-20(11-15-39-29)26(17-28(36)37)33-27(35)19-40-34-22-8-12-30(3)21(16-22)6-7-23-24(30)9-13-31(4)25(23)10-14-32(31,5)38/h16,20,23-26,38H,6-15,17-19H2,1-5H3,(H,33,35)(H,36,37)/t20-,23-,24+,25+,26+,30+,31+,32+/m1/s1. The third-order valence-corrected chi connectivity index (χ3v) is 12.0. The zero-order chi connectivity index (χ0) is 28.9. The normalized spacial score (nSPS) is 42.1. The van der Waals surface area contributed by atoms with Gasteiger partial charge in [-0.3, -0.25) is 9.59 Å². The number of carboxylic acids is 1. The van der Waals surface area contributed by atoms with Crippen molar-refractivity contribution in [3.05, 3.63) is 11.6 Å². The van der Waals surface area contributed by atoms with E-state index in [0.717, 1.165) is 50.7 Å². The Morgan fingerprint density at radius 1 is 1.07 bits per heavy atom. The number of amides is 1. The molecule has 1 aliphatic heterocycles. The molecule has 1 saturated heterocycles. The van der Waals surface area contributed by atoms with Crippen molar-refractivity contribution in [2.24, 2.45) is 39.7 Å². The van der Waals surface area contributed by atoms with Gasteiger partial charge >= 0.3 is 5.97 Å². The number of aliphatic carboxylic acids is 1. The van der Waals surface area contributed by atoms with Gasteiger partial charge in [-0.05, 0) is 126 Å². The number of aliphatic hydroxyl groups is 1. The average Bonchev–Trinajstić information content (AvgIpc) is 3.11. The van der Waals surface area contributed by atoms with Crippen LogP contribution in [-0.4, -0.2) is 58.3 Å². The molecule has 5 aliphatic rings. The van der Waals surface area contributed by atoms with Gasteiger partial charge in [-0.2, -0.15) is 0 Å². The molecule has 4 aliphatic carbocycles. The fourth-order valence-electron chi connectivity index (χ4n) is 9.45. The summed E-state index contributed by atoms with van der Waals surface area (Å²) in [6.45, 7) is 11.2. The monoisotopic (exact) mass is 558 g/mol. The second kappa shape index (κ2) is 10.7. The predicted molar refractivity (Wildman–Crippen MR) is 153 cm³/mol. The Bertz CT molecular complexity index is 1070. The van der Waals surface area contributed by atoms with Crippen molar-refractivity contribution in [2.75, 3.05) is 13.2 Å². The highest BCUT2D eigenvalue weighted by molar-refractivity contribution is 5.96. The number of oxime groups is 1. The molecule has 40 heavy (non-hydrogen) atoms. The Kier molecular flexibility index (Phi) is 7.92. The minimum Gasteiger partial charge on any atom is -0.481 e. The van der Waals surface area contributed by atoms with Crippen molar-refractivity contribution >= 4 is 17.6 Å². The first kappa shape index (κ1) is 29.6. The fraction of sp³-hybridized carbons (Fsp3) is 0.844. The number of nitrogens with one attached hydrogen (secondary N) is 1. The lowest BCUT2D eigenvalue weighted by Gasteiger charge is -2.59. The van der Waals surface area contributed by atoms with Gasteiger partial charge in [-0.1, -0.05) is 24.6 Å². The van der Waals surface area contributed by atoms with Crippen molar-refractivity contribution in [1.29, 1.82) is 0 Å². The second-order valence-electron chi connectivity index (χ2n) is 14.8. The van der Waals surface area contributed by atoms with Gasteiger partial charge in [-0.15, -0.1) is 0 Å². The Morgan fingerprint density at radius 2 is 1.82 bits per heavy atom. The molecule has 8 nitrogen and oxygen atoms in total. The minimum absolute atomic E-state index is 0.0336. The van der Waals surface area contributed by atoms with Crippen molar-refractivity contribution in [2.45, 2.75) is 122 Å². The molecule has 0 aromatic carbocycles. The Hall–Kier alpha value is -1.93. The molecule has 5 rings (SSSR count). The summed E-state index contributed by atoms with van der Waals surface area (Å²) in [7, 11) is 0. The summed E-state index contributed by atoms with van der Waals surface area (Å²) in [5, 5.41) is 27.8. The van der Waals surface area contributed by atoms with E-state index in [1.807, 2.05) is 13.8 Å². The van der Waals surface area contributed by atoms with Gasteiger partial charge in [0.2, 0.25) is 0 Å². The van der Waals surface area contributed by atoms with E-state index in [1.165, 1.54) is 18.4 Å². The van der Waals surface area contributed by atoms with E-state index in [-0.39, 0.29) is 41.3 Å². The number of nitrogens with zero attached hydrogens (tertiary/aromatic N) is 1. The highest BCUT2D eigenvalue weighted by atomic mass is 16.6. The van der Waals surface area contributed by atoms with E-state index in [2.05, 4.69) is 37.3 Å². The van der Waals surface area contributed by atoms with Crippen LogP contribution in [-0.2, 0) is 19.2 Å². The number of hydrogen-bond acceptors (Lipinski definition) is 6. The maximum absolute atomic E-state index is 12.7. The van der Waals surface area contributed by atoms with E-state index < -0.39 is 17.6 Å². The highest BCUT2D eigenvalue weighted by Gasteiger charge is 2.62. The van der Waals surface area contributed by atoms with Crippen LogP contribution in [0, 0.1) is 34.5 Å². The third-order valence-electron chi connectivity index (χ3n) is 12.0. The van der Waals surface area contributed by atoms with Crippen LogP contribution in [0.5, 0.6) is 0 Å². The molecule has 0 spiro atoms. The molecular weight excluding hydrogens is 508 g/mol. The van der Waals surface area contributed by atoms with Gasteiger partial charge in [0.15, 0.2) is 6.61 Å². The Balaban J connectivity index is 1.19. The van der Waals surface area contributed by atoms with Gasteiger partial charge in [0, 0.05) is 12.6 Å². The van der Waals surface area contributed by atoms with Crippen LogP contribution < -0.4 is 5.32 Å². The van der Waals surface area contributed by atoms with Crippen LogP contribution in [0.2, 0.25) is 0 Å². The Morgan fingerprint density at radius 3 is 2.55 bits per heavy atom. The van der Waals surface area contributed by atoms with Crippen LogP contribution >= 0.6 is 0 Å². The maximum atomic E-state index is 12.7. The molecule has 0 aromatic heterocycles. The number of ether oxygens (including phenoxy) is 1. The van der Waals surface area contributed by atoms with E-state index in [4.69, 9.17) is 9.57 Å². The first-order chi connectivity index (χ1) is 18.7. The molecule has 0 bridgehead atoms. The number of fused-ring (bicyclic) bond motifs is 5. The number of allylic oxidation sites excluding steroid dienone is 2. The zero-order valence-electron chi connectivity index (χ0n) is 25.1. The molecule has 3 saturated carbocycles. The maximum Gasteiger partial charge on any atom is 0.305 e. The summed E-state index contributed by atoms with van der Waals surface area (Å²) in [4.78, 5) is 29.7. The van der Waals surface area contributed by atoms with E-state index in [1.54, 1.807) is 0 Å². The third kappa shape index (κ3) is 5.47. The van der Waals surface area contributed by atoms with E-state index >= 15 is 0 Å². The topological polar surface area (TPSA) is 117 Å². The van der Waals surface area contributed by atoms with Crippen molar-refractivity contribution < 1.29 is 29.4 Å². The van der Waals surface area contributed by atoms with Crippen molar-refractivity contribution in [1.82, 2.24) is 5.32 Å². The first-order valence-electron chi connectivity index (χ1n) is 15.5. The summed E-state index contributed by atoms with van der Waals surface area (Å²) >= 11 is 0. The number of carboxylic acid groups (broad SMARTS) is 1.